The van der Waals surface area contributed by atoms with Crippen LogP contribution in [0.3, 0.4) is 0 Å². The van der Waals surface area contributed by atoms with Gasteiger partial charge in [0.05, 0.1) is 17.8 Å². The summed E-state index contributed by atoms with van der Waals surface area (Å²) in [5.41, 5.74) is 7.11. The van der Waals surface area contributed by atoms with Crippen molar-refractivity contribution in [1.82, 2.24) is 15.1 Å². The molecule has 1 aliphatic heterocycles. The van der Waals surface area contributed by atoms with E-state index < -0.39 is 0 Å². The van der Waals surface area contributed by atoms with Gasteiger partial charge in [-0.05, 0) is 47.6 Å². The third kappa shape index (κ3) is 4.70. The van der Waals surface area contributed by atoms with Gasteiger partial charge in [0.2, 0.25) is 0 Å². The molecule has 0 amide bonds. The molecule has 2 unspecified atom stereocenters. The number of nitrogens with zero attached hydrogens (tertiary/aromatic N) is 2. The molecule has 2 fully saturated rings. The van der Waals surface area contributed by atoms with Crippen LogP contribution in [0.2, 0.25) is 0 Å². The van der Waals surface area contributed by atoms with Crippen LogP contribution in [0.4, 0.5) is 5.82 Å². The Morgan fingerprint density at radius 3 is 2.58 bits per heavy atom. The predicted molar refractivity (Wildman–Crippen MR) is 92.6 cm³/mol. The molecule has 1 saturated heterocycles. The van der Waals surface area contributed by atoms with Crippen LogP contribution in [0.15, 0.2) is 6.07 Å². The standard InChI is InChI=1S/C12H19N3O3.C5H11N/c1-12(2,3)15-11(13)5-9(14-15)10-4-8(6-17-10)18-7-16;1-5(6-2)3-4-5/h5,7-8,10H,4,6,13H2,1-3H3;6H,3-4H2,1-2H3. The van der Waals surface area contributed by atoms with Crippen LogP contribution in [0.25, 0.3) is 0 Å². The Labute approximate surface area is 143 Å². The number of carbonyl (C=O) groups is 1. The summed E-state index contributed by atoms with van der Waals surface area (Å²) in [5.74, 6) is 0.612. The quantitative estimate of drug-likeness (QED) is 0.816. The van der Waals surface area contributed by atoms with Gasteiger partial charge in [0.15, 0.2) is 0 Å². The van der Waals surface area contributed by atoms with Crippen molar-refractivity contribution < 1.29 is 14.3 Å². The van der Waals surface area contributed by atoms with E-state index in [0.717, 1.165) is 5.69 Å². The van der Waals surface area contributed by atoms with E-state index in [9.17, 15) is 4.79 Å². The minimum atomic E-state index is -0.187. The van der Waals surface area contributed by atoms with Gasteiger partial charge in [0.25, 0.3) is 6.47 Å². The van der Waals surface area contributed by atoms with Crippen LogP contribution in [-0.4, -0.2) is 41.6 Å². The maximum absolute atomic E-state index is 10.3. The smallest absolute Gasteiger partial charge is 0.293 e. The Kier molecular flexibility index (Phi) is 5.55. The van der Waals surface area contributed by atoms with Crippen LogP contribution in [-0.2, 0) is 19.8 Å². The van der Waals surface area contributed by atoms with Crippen molar-refractivity contribution in [1.29, 1.82) is 0 Å². The van der Waals surface area contributed by atoms with Gasteiger partial charge in [-0.1, -0.05) is 0 Å². The summed E-state index contributed by atoms with van der Waals surface area (Å²) < 4.78 is 12.2. The van der Waals surface area contributed by atoms with E-state index in [-0.39, 0.29) is 17.7 Å². The Bertz CT molecular complexity index is 561. The highest BCUT2D eigenvalue weighted by molar-refractivity contribution is 5.38. The van der Waals surface area contributed by atoms with E-state index in [2.05, 4.69) is 17.3 Å². The number of aromatic nitrogens is 2. The Morgan fingerprint density at radius 2 is 2.17 bits per heavy atom. The number of hydrogen-bond acceptors (Lipinski definition) is 6. The van der Waals surface area contributed by atoms with Crippen molar-refractivity contribution in [3.05, 3.63) is 11.8 Å². The molecule has 3 N–H and O–H groups in total. The lowest BCUT2D eigenvalue weighted by Crippen LogP contribution is -2.25. The third-order valence-corrected chi connectivity index (χ3v) is 4.53. The topological polar surface area (TPSA) is 91.4 Å². The zero-order valence-electron chi connectivity index (χ0n) is 15.3. The van der Waals surface area contributed by atoms with Crippen molar-refractivity contribution in [2.75, 3.05) is 19.4 Å². The summed E-state index contributed by atoms with van der Waals surface area (Å²) in [7, 11) is 2.02. The first kappa shape index (κ1) is 18.7. The molecule has 0 radical (unpaired) electrons. The van der Waals surface area contributed by atoms with E-state index in [0.29, 0.717) is 30.9 Å². The van der Waals surface area contributed by atoms with Crippen molar-refractivity contribution in [2.45, 2.75) is 70.2 Å². The molecular formula is C17H30N4O3. The molecule has 0 spiro atoms. The molecule has 7 heteroatoms. The summed E-state index contributed by atoms with van der Waals surface area (Å²) in [5, 5.41) is 7.70. The summed E-state index contributed by atoms with van der Waals surface area (Å²) in [4.78, 5) is 10.3. The zero-order chi connectivity index (χ0) is 18.0. The molecule has 2 heterocycles. The lowest BCUT2D eigenvalue weighted by molar-refractivity contribution is -0.133. The molecule has 1 aromatic heterocycles. The van der Waals surface area contributed by atoms with Crippen LogP contribution in [0.1, 0.15) is 58.8 Å². The van der Waals surface area contributed by atoms with E-state index in [1.807, 2.05) is 33.9 Å². The van der Waals surface area contributed by atoms with E-state index >= 15 is 0 Å². The second-order valence-corrected chi connectivity index (χ2v) is 7.80. The fraction of sp³-hybridized carbons (Fsp3) is 0.765. The largest absolute Gasteiger partial charge is 0.462 e. The second-order valence-electron chi connectivity index (χ2n) is 7.80. The van der Waals surface area contributed by atoms with Crippen LogP contribution >= 0.6 is 0 Å². The minimum Gasteiger partial charge on any atom is -0.462 e. The fourth-order valence-corrected chi connectivity index (χ4v) is 2.52. The van der Waals surface area contributed by atoms with Gasteiger partial charge in [-0.2, -0.15) is 5.10 Å². The van der Waals surface area contributed by atoms with Crippen molar-refractivity contribution in [2.24, 2.45) is 0 Å². The maximum atomic E-state index is 10.3. The maximum Gasteiger partial charge on any atom is 0.293 e. The van der Waals surface area contributed by atoms with Gasteiger partial charge >= 0.3 is 0 Å². The van der Waals surface area contributed by atoms with E-state index in [1.54, 1.807) is 4.68 Å². The molecule has 24 heavy (non-hydrogen) atoms. The first-order chi connectivity index (χ1) is 11.2. The highest BCUT2D eigenvalue weighted by atomic mass is 16.6. The van der Waals surface area contributed by atoms with Crippen LogP contribution < -0.4 is 11.1 Å². The minimum absolute atomic E-state index is 0.152. The summed E-state index contributed by atoms with van der Waals surface area (Å²) in [6.45, 7) is 9.22. The normalized spacial score (nSPS) is 24.9. The SMILES string of the molecule is CC(C)(C)n1nc(C2CC(OC=O)CO2)cc1N.CNC1(C)CC1. The Hall–Kier alpha value is -1.60. The number of anilines is 1. The monoisotopic (exact) mass is 338 g/mol. The number of ether oxygens (including phenoxy) is 2. The first-order valence-electron chi connectivity index (χ1n) is 8.44. The van der Waals surface area contributed by atoms with Gasteiger partial charge in [0.1, 0.15) is 18.0 Å². The Balaban J connectivity index is 0.000000292. The molecule has 3 rings (SSSR count). The van der Waals surface area contributed by atoms with Crippen LogP contribution in [0, 0.1) is 0 Å². The molecular weight excluding hydrogens is 308 g/mol. The molecule has 7 nitrogen and oxygen atoms in total. The number of nitrogen functional groups attached to an aromatic ring is 1. The summed E-state index contributed by atoms with van der Waals surface area (Å²) >= 11 is 0. The first-order valence-corrected chi connectivity index (χ1v) is 8.44. The molecule has 1 aromatic rings. The molecule has 2 aliphatic rings. The van der Waals surface area contributed by atoms with Crippen molar-refractivity contribution in [3.8, 4) is 0 Å². The van der Waals surface area contributed by atoms with E-state index in [4.69, 9.17) is 15.2 Å². The molecule has 1 aliphatic carbocycles. The van der Waals surface area contributed by atoms with Crippen LogP contribution in [0.5, 0.6) is 0 Å². The lowest BCUT2D eigenvalue weighted by Gasteiger charge is -2.20. The van der Waals surface area contributed by atoms with Gasteiger partial charge in [-0.15, -0.1) is 0 Å². The summed E-state index contributed by atoms with van der Waals surface area (Å²) in [6.07, 6.45) is 3.01. The van der Waals surface area contributed by atoms with Gasteiger partial charge < -0.3 is 20.5 Å². The number of nitrogens with two attached hydrogens (primary N) is 1. The van der Waals surface area contributed by atoms with Gasteiger partial charge in [0, 0.05) is 18.0 Å². The number of carbonyl (C=O) groups excluding carboxylic acids is 1. The molecule has 2 atom stereocenters. The van der Waals surface area contributed by atoms with Crippen molar-refractivity contribution in [3.63, 3.8) is 0 Å². The highest BCUT2D eigenvalue weighted by Gasteiger charge is 2.34. The lowest BCUT2D eigenvalue weighted by atomic mass is 10.1. The molecule has 136 valence electrons. The average molecular weight is 338 g/mol. The van der Waals surface area contributed by atoms with E-state index in [1.165, 1.54) is 12.8 Å². The average Bonchev–Trinajstić information content (AvgIpc) is 2.91. The van der Waals surface area contributed by atoms with Crippen molar-refractivity contribution >= 4 is 12.3 Å². The number of hydrogen-bond donors (Lipinski definition) is 2. The molecule has 0 aromatic carbocycles. The summed E-state index contributed by atoms with van der Waals surface area (Å²) in [6, 6.07) is 1.82. The van der Waals surface area contributed by atoms with Gasteiger partial charge in [-0.25, -0.2) is 4.68 Å². The number of nitrogens with one attached hydrogen (secondary N) is 1. The molecule has 1 saturated carbocycles. The zero-order valence-corrected chi connectivity index (χ0v) is 15.3. The number of rotatable bonds is 4. The fourth-order valence-electron chi connectivity index (χ4n) is 2.52. The third-order valence-electron chi connectivity index (χ3n) is 4.53. The Morgan fingerprint density at radius 1 is 1.50 bits per heavy atom. The second kappa shape index (κ2) is 7.11. The highest BCUT2D eigenvalue weighted by Crippen LogP contribution is 2.33. The predicted octanol–water partition coefficient (Wildman–Crippen LogP) is 1.98. The molecule has 0 bridgehead atoms. The van der Waals surface area contributed by atoms with Gasteiger partial charge in [-0.3, -0.25) is 4.79 Å².